The van der Waals surface area contributed by atoms with Gasteiger partial charge >= 0.3 is 0 Å². The molecule has 1 fully saturated rings. The third-order valence-corrected chi connectivity index (χ3v) is 2.89. The average Bonchev–Trinajstić information content (AvgIpc) is 3.13. The molecule has 2 heterocycles. The predicted molar refractivity (Wildman–Crippen MR) is 63.2 cm³/mol. The lowest BCUT2D eigenvalue weighted by atomic mass is 10.3. The average molecular weight is 214 g/mol. The monoisotopic (exact) mass is 214 g/mol. The van der Waals surface area contributed by atoms with Gasteiger partial charge in [0.1, 0.15) is 11.3 Å². The summed E-state index contributed by atoms with van der Waals surface area (Å²) in [6, 6.07) is 3.92. The van der Waals surface area contributed by atoms with E-state index in [4.69, 9.17) is 0 Å². The lowest BCUT2D eigenvalue weighted by Gasteiger charge is -2.04. The molecule has 0 radical (unpaired) electrons. The second-order valence-corrected chi connectivity index (χ2v) is 4.25. The van der Waals surface area contributed by atoms with E-state index in [1.54, 1.807) is 12.4 Å². The first-order valence-corrected chi connectivity index (χ1v) is 5.73. The Kier molecular flexibility index (Phi) is 2.40. The largest absolute Gasteiger partial charge is 0.370 e. The molecule has 1 aliphatic carbocycles. The molecule has 0 spiro atoms. The van der Waals surface area contributed by atoms with Crippen LogP contribution in [0.15, 0.2) is 24.5 Å². The number of nitrogens with zero attached hydrogens (tertiary/aromatic N) is 3. The number of fused-ring (bicyclic) bond motifs is 1. The van der Waals surface area contributed by atoms with Crippen molar-refractivity contribution in [3.63, 3.8) is 0 Å². The number of aromatic nitrogens is 3. The number of rotatable bonds is 4. The smallest absolute Gasteiger partial charge is 0.180 e. The quantitative estimate of drug-likeness (QED) is 0.848. The minimum absolute atomic E-state index is 0.707. The molecule has 3 rings (SSSR count). The van der Waals surface area contributed by atoms with Crippen molar-refractivity contribution in [2.24, 2.45) is 5.92 Å². The van der Waals surface area contributed by atoms with Crippen molar-refractivity contribution < 1.29 is 0 Å². The first-order valence-electron chi connectivity index (χ1n) is 5.73. The summed E-state index contributed by atoms with van der Waals surface area (Å²) in [6.45, 7) is 1.00. The Morgan fingerprint density at radius 3 is 2.94 bits per heavy atom. The minimum atomic E-state index is 0.707. The van der Waals surface area contributed by atoms with Gasteiger partial charge in [0.2, 0.25) is 0 Å². The Labute approximate surface area is 94.1 Å². The third-order valence-electron chi connectivity index (χ3n) is 2.89. The molecule has 0 bridgehead atoms. The minimum Gasteiger partial charge on any atom is -0.370 e. The van der Waals surface area contributed by atoms with Crippen molar-refractivity contribution in [3.8, 4) is 0 Å². The topological polar surface area (TPSA) is 50.7 Å². The van der Waals surface area contributed by atoms with Crippen LogP contribution in [0.4, 0.5) is 5.82 Å². The number of hydrogen-bond acceptors (Lipinski definition) is 4. The fourth-order valence-corrected chi connectivity index (χ4v) is 1.76. The van der Waals surface area contributed by atoms with E-state index in [1.165, 1.54) is 19.3 Å². The Morgan fingerprint density at radius 2 is 2.06 bits per heavy atom. The summed E-state index contributed by atoms with van der Waals surface area (Å²) >= 11 is 0. The second kappa shape index (κ2) is 4.04. The van der Waals surface area contributed by atoms with Gasteiger partial charge in [0.05, 0.1) is 0 Å². The van der Waals surface area contributed by atoms with E-state index < -0.39 is 0 Å². The Morgan fingerprint density at radius 1 is 1.19 bits per heavy atom. The molecule has 0 atom stereocenters. The van der Waals surface area contributed by atoms with E-state index in [9.17, 15) is 0 Å². The highest BCUT2D eigenvalue weighted by Crippen LogP contribution is 2.32. The van der Waals surface area contributed by atoms with Crippen LogP contribution in [-0.2, 0) is 0 Å². The number of nitrogens with one attached hydrogen (secondary N) is 1. The molecule has 82 valence electrons. The normalized spacial score (nSPS) is 15.2. The number of pyridine rings is 1. The van der Waals surface area contributed by atoms with Gasteiger partial charge in [-0.25, -0.2) is 9.97 Å². The zero-order valence-corrected chi connectivity index (χ0v) is 9.06. The van der Waals surface area contributed by atoms with Gasteiger partial charge in [0.25, 0.3) is 0 Å². The SMILES string of the molecule is c1cnc2nc(NCCC3CC3)ccc2n1. The highest BCUT2D eigenvalue weighted by atomic mass is 15.0. The molecule has 0 amide bonds. The highest BCUT2D eigenvalue weighted by molar-refractivity contribution is 5.71. The van der Waals surface area contributed by atoms with Crippen LogP contribution >= 0.6 is 0 Å². The Bertz CT molecular complexity index is 493. The summed E-state index contributed by atoms with van der Waals surface area (Å²) in [5.41, 5.74) is 1.55. The number of anilines is 1. The zero-order chi connectivity index (χ0) is 10.8. The molecule has 0 saturated heterocycles. The molecule has 4 heteroatoms. The lowest BCUT2D eigenvalue weighted by molar-refractivity contribution is 0.758. The van der Waals surface area contributed by atoms with Gasteiger partial charge in [-0.15, -0.1) is 0 Å². The van der Waals surface area contributed by atoms with Crippen molar-refractivity contribution in [2.75, 3.05) is 11.9 Å². The molecule has 0 aliphatic heterocycles. The third kappa shape index (κ3) is 2.10. The van der Waals surface area contributed by atoms with E-state index in [0.29, 0.717) is 5.65 Å². The highest BCUT2D eigenvalue weighted by Gasteiger charge is 2.20. The van der Waals surface area contributed by atoms with Crippen LogP contribution in [0.2, 0.25) is 0 Å². The molecular weight excluding hydrogens is 200 g/mol. The molecule has 1 N–H and O–H groups in total. The van der Waals surface area contributed by atoms with Crippen LogP contribution in [0, 0.1) is 5.92 Å². The van der Waals surface area contributed by atoms with Gasteiger partial charge in [-0.1, -0.05) is 12.8 Å². The van der Waals surface area contributed by atoms with Gasteiger partial charge in [-0.2, -0.15) is 0 Å². The van der Waals surface area contributed by atoms with Crippen molar-refractivity contribution in [2.45, 2.75) is 19.3 Å². The number of hydrogen-bond donors (Lipinski definition) is 1. The molecule has 2 aromatic rings. The fraction of sp³-hybridized carbons (Fsp3) is 0.417. The molecule has 4 nitrogen and oxygen atoms in total. The maximum absolute atomic E-state index is 4.41. The van der Waals surface area contributed by atoms with Crippen molar-refractivity contribution in [1.82, 2.24) is 15.0 Å². The summed E-state index contributed by atoms with van der Waals surface area (Å²) in [4.78, 5) is 12.8. The molecule has 0 aromatic carbocycles. The maximum atomic E-state index is 4.41. The summed E-state index contributed by atoms with van der Waals surface area (Å²) in [5.74, 6) is 1.85. The Hall–Kier alpha value is -1.71. The summed E-state index contributed by atoms with van der Waals surface area (Å²) < 4.78 is 0. The molecule has 16 heavy (non-hydrogen) atoms. The summed E-state index contributed by atoms with van der Waals surface area (Å²) in [5, 5.41) is 3.33. The maximum Gasteiger partial charge on any atom is 0.180 e. The van der Waals surface area contributed by atoms with Gasteiger partial charge in [-0.3, -0.25) is 4.98 Å². The lowest BCUT2D eigenvalue weighted by Crippen LogP contribution is -2.04. The van der Waals surface area contributed by atoms with Crippen LogP contribution in [0.5, 0.6) is 0 Å². The predicted octanol–water partition coefficient (Wildman–Crippen LogP) is 2.24. The van der Waals surface area contributed by atoms with Crippen LogP contribution in [0.1, 0.15) is 19.3 Å². The van der Waals surface area contributed by atoms with Crippen LogP contribution < -0.4 is 5.32 Å². The van der Waals surface area contributed by atoms with Crippen LogP contribution in [-0.4, -0.2) is 21.5 Å². The van der Waals surface area contributed by atoms with Crippen LogP contribution in [0.3, 0.4) is 0 Å². The fourth-order valence-electron chi connectivity index (χ4n) is 1.76. The van der Waals surface area contributed by atoms with E-state index in [2.05, 4.69) is 20.3 Å². The molecular formula is C12H14N4. The first-order chi connectivity index (χ1) is 7.92. The molecule has 0 unspecified atom stereocenters. The van der Waals surface area contributed by atoms with Crippen molar-refractivity contribution >= 4 is 17.0 Å². The molecule has 1 saturated carbocycles. The first kappa shape index (κ1) is 9.51. The van der Waals surface area contributed by atoms with E-state index >= 15 is 0 Å². The van der Waals surface area contributed by atoms with E-state index in [1.807, 2.05) is 12.1 Å². The van der Waals surface area contributed by atoms with Gasteiger partial charge < -0.3 is 5.32 Å². The molecule has 1 aliphatic rings. The van der Waals surface area contributed by atoms with Crippen LogP contribution in [0.25, 0.3) is 11.2 Å². The molecule has 2 aromatic heterocycles. The van der Waals surface area contributed by atoms with Gasteiger partial charge in [0.15, 0.2) is 5.65 Å². The standard InChI is InChI=1S/C12H14N4/c1-2-9(1)5-6-14-11-4-3-10-12(16-11)15-8-7-13-10/h3-4,7-9H,1-2,5-6H2,(H,14,15,16). The second-order valence-electron chi connectivity index (χ2n) is 4.25. The summed E-state index contributed by atoms with van der Waals surface area (Å²) in [6.07, 6.45) is 7.41. The van der Waals surface area contributed by atoms with E-state index in [0.717, 1.165) is 23.8 Å². The van der Waals surface area contributed by atoms with Crippen molar-refractivity contribution in [1.29, 1.82) is 0 Å². The summed E-state index contributed by atoms with van der Waals surface area (Å²) in [7, 11) is 0. The van der Waals surface area contributed by atoms with Gasteiger partial charge in [0, 0.05) is 18.9 Å². The van der Waals surface area contributed by atoms with E-state index in [-0.39, 0.29) is 0 Å². The zero-order valence-electron chi connectivity index (χ0n) is 9.06. The van der Waals surface area contributed by atoms with Crippen molar-refractivity contribution in [3.05, 3.63) is 24.5 Å². The van der Waals surface area contributed by atoms with Gasteiger partial charge in [-0.05, 0) is 24.5 Å². The Balaban J connectivity index is 1.71.